The van der Waals surface area contributed by atoms with Crippen molar-refractivity contribution in [2.45, 2.75) is 26.1 Å². The third kappa shape index (κ3) is 1.93. The summed E-state index contributed by atoms with van der Waals surface area (Å²) in [6.45, 7) is 2.78. The zero-order valence-electron chi connectivity index (χ0n) is 6.64. The molecule has 0 spiro atoms. The summed E-state index contributed by atoms with van der Waals surface area (Å²) in [5.74, 6) is -2.74. The number of allylic oxidation sites excluding steroid dienone is 1. The third-order valence-corrected chi connectivity index (χ3v) is 1.19. The number of hydrogen-bond acceptors (Lipinski definition) is 3. The molecule has 0 saturated heterocycles. The molecule has 5 heteroatoms. The normalized spacial score (nSPS) is 21.4. The number of carbonyl (C=O) groups excluding carboxylic acids is 1. The predicted molar refractivity (Wildman–Crippen MR) is 35.3 cm³/mol. The summed E-state index contributed by atoms with van der Waals surface area (Å²) in [4.78, 5) is 10.7. The predicted octanol–water partition coefficient (Wildman–Crippen LogP) is 1.44. The lowest BCUT2D eigenvalue weighted by molar-refractivity contribution is -0.212. The molecule has 0 bridgehead atoms. The van der Waals surface area contributed by atoms with E-state index in [-0.39, 0.29) is 0 Å². The molecular weight excluding hydrogens is 170 g/mol. The molecule has 0 aromatic heterocycles. The fourth-order valence-corrected chi connectivity index (χ4v) is 0.830. The highest BCUT2D eigenvalue weighted by Gasteiger charge is 2.33. The highest BCUT2D eigenvalue weighted by Crippen LogP contribution is 2.25. The van der Waals surface area contributed by atoms with Crippen molar-refractivity contribution in [3.05, 3.63) is 11.8 Å². The Kier molecular flexibility index (Phi) is 2.04. The molecule has 1 aliphatic rings. The minimum Gasteiger partial charge on any atom is -0.451 e. The average Bonchev–Trinajstić information content (AvgIpc) is 1.82. The van der Waals surface area contributed by atoms with Gasteiger partial charge in [0.25, 0.3) is 6.43 Å². The molecule has 0 atom stereocenters. The number of alkyl halides is 2. The number of ether oxygens (including phenoxy) is 2. The lowest BCUT2D eigenvalue weighted by Crippen LogP contribution is -2.35. The van der Waals surface area contributed by atoms with Gasteiger partial charge in [0.2, 0.25) is 5.79 Å². The SMILES string of the molecule is CC1(C)OC(=O)C=C(C(F)F)O1. The Bertz CT molecular complexity index is 233. The van der Waals surface area contributed by atoms with Gasteiger partial charge in [0.1, 0.15) is 0 Å². The van der Waals surface area contributed by atoms with Crippen LogP contribution < -0.4 is 0 Å². The van der Waals surface area contributed by atoms with Crippen molar-refractivity contribution < 1.29 is 23.0 Å². The van der Waals surface area contributed by atoms with Crippen LogP contribution in [0.4, 0.5) is 8.78 Å². The van der Waals surface area contributed by atoms with Gasteiger partial charge < -0.3 is 9.47 Å². The summed E-state index contributed by atoms with van der Waals surface area (Å²) in [6.07, 6.45) is -2.13. The number of hydrogen-bond donors (Lipinski definition) is 0. The van der Waals surface area contributed by atoms with Crippen LogP contribution in [0.25, 0.3) is 0 Å². The Hall–Kier alpha value is -1.13. The second-order valence-electron chi connectivity index (χ2n) is 2.77. The molecule has 0 aromatic rings. The summed E-state index contributed by atoms with van der Waals surface area (Å²) in [6, 6.07) is 0. The van der Waals surface area contributed by atoms with E-state index in [1.54, 1.807) is 0 Å². The van der Waals surface area contributed by atoms with Gasteiger partial charge in [-0.1, -0.05) is 0 Å². The standard InChI is InChI=1S/C7H8F2O3/c1-7(2)11-4(6(8)9)3-5(10)12-7/h3,6H,1-2H3. The number of rotatable bonds is 1. The summed E-state index contributed by atoms with van der Waals surface area (Å²) < 4.78 is 33.3. The van der Waals surface area contributed by atoms with E-state index in [2.05, 4.69) is 9.47 Å². The molecule has 0 N–H and O–H groups in total. The van der Waals surface area contributed by atoms with Crippen molar-refractivity contribution >= 4 is 5.97 Å². The smallest absolute Gasteiger partial charge is 0.337 e. The number of halogens is 2. The summed E-state index contributed by atoms with van der Waals surface area (Å²) in [5.41, 5.74) is 0. The summed E-state index contributed by atoms with van der Waals surface area (Å²) in [7, 11) is 0. The third-order valence-electron chi connectivity index (χ3n) is 1.19. The first kappa shape index (κ1) is 8.96. The van der Waals surface area contributed by atoms with Gasteiger partial charge in [-0.15, -0.1) is 0 Å². The first-order valence-electron chi connectivity index (χ1n) is 3.32. The zero-order valence-corrected chi connectivity index (χ0v) is 6.64. The van der Waals surface area contributed by atoms with Gasteiger partial charge in [-0.3, -0.25) is 0 Å². The summed E-state index contributed by atoms with van der Waals surface area (Å²) >= 11 is 0. The molecule has 0 unspecified atom stereocenters. The van der Waals surface area contributed by atoms with Gasteiger partial charge in [0.05, 0.1) is 6.08 Å². The molecular formula is C7H8F2O3. The van der Waals surface area contributed by atoms with Crippen LogP contribution in [0.15, 0.2) is 11.8 Å². The molecule has 0 amide bonds. The minimum atomic E-state index is -2.78. The Morgan fingerprint density at radius 3 is 2.42 bits per heavy atom. The van der Waals surface area contributed by atoms with Crippen LogP contribution in [0.1, 0.15) is 13.8 Å². The second kappa shape index (κ2) is 2.73. The fraction of sp³-hybridized carbons (Fsp3) is 0.571. The molecule has 1 rings (SSSR count). The van der Waals surface area contributed by atoms with Gasteiger partial charge in [-0.2, -0.15) is 0 Å². The zero-order chi connectivity index (χ0) is 9.35. The van der Waals surface area contributed by atoms with Crippen LogP contribution in [-0.2, 0) is 14.3 Å². The van der Waals surface area contributed by atoms with Crippen molar-refractivity contribution in [2.24, 2.45) is 0 Å². The van der Waals surface area contributed by atoms with Crippen molar-refractivity contribution in [3.63, 3.8) is 0 Å². The van der Waals surface area contributed by atoms with Crippen LogP contribution >= 0.6 is 0 Å². The van der Waals surface area contributed by atoms with Crippen LogP contribution in [0.2, 0.25) is 0 Å². The Morgan fingerprint density at radius 1 is 1.42 bits per heavy atom. The Balaban J connectivity index is 2.84. The minimum absolute atomic E-state index is 0.642. The molecule has 68 valence electrons. The topological polar surface area (TPSA) is 35.5 Å². The van der Waals surface area contributed by atoms with Gasteiger partial charge >= 0.3 is 5.97 Å². The quantitative estimate of drug-likeness (QED) is 0.570. The monoisotopic (exact) mass is 178 g/mol. The van der Waals surface area contributed by atoms with Gasteiger partial charge in [-0.05, 0) is 0 Å². The van der Waals surface area contributed by atoms with Gasteiger partial charge in [0.15, 0.2) is 5.76 Å². The molecule has 1 heterocycles. The largest absolute Gasteiger partial charge is 0.451 e. The van der Waals surface area contributed by atoms with E-state index in [1.807, 2.05) is 0 Å². The lowest BCUT2D eigenvalue weighted by atomic mass is 10.3. The number of cyclic esters (lactones) is 1. The number of esters is 1. The molecule has 0 saturated carbocycles. The van der Waals surface area contributed by atoms with Crippen LogP contribution in [0.3, 0.4) is 0 Å². The average molecular weight is 178 g/mol. The van der Waals surface area contributed by atoms with Crippen LogP contribution in [-0.4, -0.2) is 18.2 Å². The number of carbonyl (C=O) groups is 1. The maximum atomic E-state index is 12.0. The fourth-order valence-electron chi connectivity index (χ4n) is 0.830. The molecule has 0 aliphatic carbocycles. The maximum absolute atomic E-state index is 12.0. The van der Waals surface area contributed by atoms with Crippen molar-refractivity contribution in [1.82, 2.24) is 0 Å². The van der Waals surface area contributed by atoms with E-state index in [1.165, 1.54) is 13.8 Å². The second-order valence-corrected chi connectivity index (χ2v) is 2.77. The van der Waals surface area contributed by atoms with E-state index in [0.717, 1.165) is 0 Å². The first-order valence-corrected chi connectivity index (χ1v) is 3.32. The molecule has 3 nitrogen and oxygen atoms in total. The van der Waals surface area contributed by atoms with Crippen LogP contribution in [0, 0.1) is 0 Å². The van der Waals surface area contributed by atoms with E-state index in [4.69, 9.17) is 0 Å². The van der Waals surface area contributed by atoms with E-state index in [9.17, 15) is 13.6 Å². The highest BCUT2D eigenvalue weighted by atomic mass is 19.3. The van der Waals surface area contributed by atoms with Gasteiger partial charge in [0, 0.05) is 13.8 Å². The summed E-state index contributed by atoms with van der Waals surface area (Å²) in [5, 5.41) is 0. The van der Waals surface area contributed by atoms with Crippen molar-refractivity contribution in [3.8, 4) is 0 Å². The van der Waals surface area contributed by atoms with Gasteiger partial charge in [-0.25, -0.2) is 13.6 Å². The molecule has 1 aliphatic heterocycles. The van der Waals surface area contributed by atoms with Crippen molar-refractivity contribution in [1.29, 1.82) is 0 Å². The molecule has 12 heavy (non-hydrogen) atoms. The van der Waals surface area contributed by atoms with Crippen molar-refractivity contribution in [2.75, 3.05) is 0 Å². The molecule has 0 aromatic carbocycles. The molecule has 0 fully saturated rings. The Morgan fingerprint density at radius 2 is 2.00 bits per heavy atom. The molecule has 0 radical (unpaired) electrons. The maximum Gasteiger partial charge on any atom is 0.337 e. The van der Waals surface area contributed by atoms with E-state index in [0.29, 0.717) is 6.08 Å². The lowest BCUT2D eigenvalue weighted by Gasteiger charge is -2.30. The first-order chi connectivity index (χ1) is 5.41. The van der Waals surface area contributed by atoms with E-state index >= 15 is 0 Å². The van der Waals surface area contributed by atoms with E-state index < -0.39 is 23.9 Å². The highest BCUT2D eigenvalue weighted by molar-refractivity contribution is 5.83. The Labute approximate surface area is 68.0 Å². The van der Waals surface area contributed by atoms with Crippen LogP contribution in [0.5, 0.6) is 0 Å².